The van der Waals surface area contributed by atoms with E-state index in [-0.39, 0.29) is 34.3 Å². The van der Waals surface area contributed by atoms with Gasteiger partial charge in [0.15, 0.2) is 34.8 Å². The van der Waals surface area contributed by atoms with E-state index in [1.165, 1.54) is 47.0 Å². The lowest BCUT2D eigenvalue weighted by Crippen LogP contribution is -2.57. The van der Waals surface area contributed by atoms with E-state index in [4.69, 9.17) is 31.1 Å². The smallest absolute Gasteiger partial charge is 0.343 e. The van der Waals surface area contributed by atoms with Crippen LogP contribution < -0.4 is 16.5 Å². The molecule has 4 aromatic heterocycles. The van der Waals surface area contributed by atoms with Crippen molar-refractivity contribution in [2.45, 2.75) is 65.6 Å². The Hall–Kier alpha value is -5.92. The van der Waals surface area contributed by atoms with E-state index in [0.717, 1.165) is 0 Å². The fraction of sp³-hybridized carbons (Fsp3) is 0.484. The van der Waals surface area contributed by atoms with E-state index in [1.807, 2.05) is 41.5 Å². The zero-order chi connectivity index (χ0) is 37.6. The number of aryl methyl sites for hydroxylation is 2. The number of carbonyl (C=O) groups is 2. The molecule has 1 aliphatic rings. The van der Waals surface area contributed by atoms with Crippen molar-refractivity contribution in [1.82, 2.24) is 39.3 Å². The summed E-state index contributed by atoms with van der Waals surface area (Å²) >= 11 is 0. The largest absolute Gasteiger partial charge is 0.465 e. The van der Waals surface area contributed by atoms with Gasteiger partial charge < -0.3 is 20.9 Å². The van der Waals surface area contributed by atoms with Crippen molar-refractivity contribution in [3.05, 3.63) is 41.6 Å². The molecule has 5 heterocycles. The standard InChI is InChI=1S/C31H42N16O4/c1-29(2,3)21-20(38-40-25-16(27(48)50-10)13-36-44(25)8)24(32)46(42-21)18-12-19(35-15-34-18)47-31(7,33)23(22(43-47)30(4,5)6)39-41-26-17(28(49)51-11)14-37-45(26)9/h12-15,23H,32-33H2,1-11H3. The van der Waals surface area contributed by atoms with Crippen LogP contribution >= 0.6 is 0 Å². The Labute approximate surface area is 293 Å². The van der Waals surface area contributed by atoms with Gasteiger partial charge in [-0.05, 0) is 6.92 Å². The molecule has 2 atom stereocenters. The molecule has 5 rings (SSSR count). The lowest BCUT2D eigenvalue weighted by molar-refractivity contribution is 0.0592. The van der Waals surface area contributed by atoms with Crippen molar-refractivity contribution >= 4 is 46.6 Å². The Morgan fingerprint density at radius 1 is 0.863 bits per heavy atom. The molecule has 0 radical (unpaired) electrons. The zero-order valence-electron chi connectivity index (χ0n) is 30.4. The number of aromatic nitrogens is 8. The summed E-state index contributed by atoms with van der Waals surface area (Å²) in [7, 11) is 5.81. The van der Waals surface area contributed by atoms with Crippen molar-refractivity contribution in [2.24, 2.45) is 50.8 Å². The highest BCUT2D eigenvalue weighted by molar-refractivity contribution is 5.99. The minimum atomic E-state index is -1.28. The number of carbonyl (C=O) groups excluding carboxylic acids is 2. The van der Waals surface area contributed by atoms with Crippen LogP contribution in [0.2, 0.25) is 0 Å². The fourth-order valence-corrected chi connectivity index (χ4v) is 5.28. The molecule has 51 heavy (non-hydrogen) atoms. The Morgan fingerprint density at radius 2 is 1.41 bits per heavy atom. The van der Waals surface area contributed by atoms with Gasteiger partial charge in [-0.15, -0.1) is 15.3 Å². The maximum atomic E-state index is 12.3. The summed E-state index contributed by atoms with van der Waals surface area (Å²) in [4.78, 5) is 33.6. The first kappa shape index (κ1) is 36.4. The summed E-state index contributed by atoms with van der Waals surface area (Å²) < 4.78 is 14.0. The van der Waals surface area contributed by atoms with Crippen LogP contribution in [0.3, 0.4) is 0 Å². The minimum absolute atomic E-state index is 0.134. The van der Waals surface area contributed by atoms with Crippen LogP contribution in [0.4, 0.5) is 29.0 Å². The molecule has 0 aromatic carbocycles. The number of nitrogen functional groups attached to an aromatic ring is 1. The molecule has 0 amide bonds. The van der Waals surface area contributed by atoms with Gasteiger partial charge in [0.25, 0.3) is 0 Å². The van der Waals surface area contributed by atoms with Crippen molar-refractivity contribution in [1.29, 1.82) is 0 Å². The maximum Gasteiger partial charge on any atom is 0.343 e. The molecule has 20 heteroatoms. The second-order valence-corrected chi connectivity index (χ2v) is 14.1. The van der Waals surface area contributed by atoms with Gasteiger partial charge in [0.1, 0.15) is 29.2 Å². The Kier molecular flexibility index (Phi) is 9.33. The van der Waals surface area contributed by atoms with Gasteiger partial charge in [-0.25, -0.2) is 33.9 Å². The summed E-state index contributed by atoms with van der Waals surface area (Å²) in [6.45, 7) is 13.6. The van der Waals surface area contributed by atoms with Crippen LogP contribution in [0.1, 0.15) is 74.9 Å². The van der Waals surface area contributed by atoms with Gasteiger partial charge in [0.2, 0.25) is 0 Å². The van der Waals surface area contributed by atoms with Gasteiger partial charge in [-0.1, -0.05) is 41.5 Å². The molecule has 0 bridgehead atoms. The maximum absolute atomic E-state index is 12.3. The molecule has 4 aromatic rings. The SMILES string of the molecule is COC(=O)c1cnn(C)c1N=Nc1c(C(C)(C)C)nn(-c2cc(N3N=C(C(C)(C)C)C(N=Nc4c(C(=O)OC)cnn4C)C3(C)N)ncn2)c1N. The summed E-state index contributed by atoms with van der Waals surface area (Å²) in [6.07, 6.45) is 4.06. The number of anilines is 2. The Balaban J connectivity index is 1.56. The van der Waals surface area contributed by atoms with Crippen LogP contribution in [0.25, 0.3) is 5.82 Å². The normalized spacial score (nSPS) is 18.2. The minimum Gasteiger partial charge on any atom is -0.465 e. The number of esters is 2. The van der Waals surface area contributed by atoms with Crippen LogP contribution in [0.5, 0.6) is 0 Å². The number of rotatable bonds is 8. The van der Waals surface area contributed by atoms with E-state index in [1.54, 1.807) is 32.1 Å². The third-order valence-corrected chi connectivity index (χ3v) is 8.06. The van der Waals surface area contributed by atoms with E-state index < -0.39 is 34.5 Å². The fourth-order valence-electron chi connectivity index (χ4n) is 5.28. The zero-order valence-corrected chi connectivity index (χ0v) is 30.4. The number of azo groups is 2. The van der Waals surface area contributed by atoms with Crippen molar-refractivity contribution in [3.63, 3.8) is 0 Å². The summed E-state index contributed by atoms with van der Waals surface area (Å²) in [5.74, 6) is -0.0644. The van der Waals surface area contributed by atoms with E-state index >= 15 is 0 Å². The van der Waals surface area contributed by atoms with Gasteiger partial charge in [0.05, 0.1) is 38.0 Å². The third-order valence-electron chi connectivity index (χ3n) is 8.06. The van der Waals surface area contributed by atoms with Gasteiger partial charge in [-0.3, -0.25) is 0 Å². The second-order valence-electron chi connectivity index (χ2n) is 14.1. The topological polar surface area (TPSA) is 249 Å². The lowest BCUT2D eigenvalue weighted by Gasteiger charge is -2.33. The van der Waals surface area contributed by atoms with E-state index in [9.17, 15) is 9.59 Å². The predicted octanol–water partition coefficient (Wildman–Crippen LogP) is 4.05. The molecule has 4 N–H and O–H groups in total. The lowest BCUT2D eigenvalue weighted by atomic mass is 9.82. The van der Waals surface area contributed by atoms with Crippen molar-refractivity contribution in [3.8, 4) is 5.82 Å². The van der Waals surface area contributed by atoms with Crippen LogP contribution in [-0.2, 0) is 29.0 Å². The number of ether oxygens (including phenoxy) is 2. The Bertz CT molecular complexity index is 2070. The average Bonchev–Trinajstić information content (AvgIpc) is 3.79. The highest BCUT2D eigenvalue weighted by Crippen LogP contribution is 2.40. The molecule has 270 valence electrons. The van der Waals surface area contributed by atoms with Gasteiger partial charge in [-0.2, -0.15) is 30.2 Å². The molecule has 20 nitrogen and oxygen atoms in total. The van der Waals surface area contributed by atoms with Crippen LogP contribution in [0.15, 0.2) is 50.3 Å². The van der Waals surface area contributed by atoms with E-state index in [2.05, 4.69) is 40.6 Å². The molecular weight excluding hydrogens is 660 g/mol. The predicted molar refractivity (Wildman–Crippen MR) is 186 cm³/mol. The molecular formula is C31H42N16O4. The molecule has 0 fully saturated rings. The third kappa shape index (κ3) is 6.68. The van der Waals surface area contributed by atoms with Crippen molar-refractivity contribution < 1.29 is 19.1 Å². The summed E-state index contributed by atoms with van der Waals surface area (Å²) in [6, 6.07) is 0.866. The molecule has 1 aliphatic heterocycles. The van der Waals surface area contributed by atoms with Crippen LogP contribution in [0, 0.1) is 5.41 Å². The second kappa shape index (κ2) is 13.1. The molecule has 0 saturated heterocycles. The number of hydrogen-bond donors (Lipinski definition) is 2. The molecule has 0 saturated carbocycles. The van der Waals surface area contributed by atoms with Crippen molar-refractivity contribution in [2.75, 3.05) is 25.0 Å². The summed E-state index contributed by atoms with van der Waals surface area (Å²) in [5.41, 5.74) is 13.1. The quantitative estimate of drug-likeness (QED) is 0.195. The first-order valence-corrected chi connectivity index (χ1v) is 15.7. The number of hydrazone groups is 1. The monoisotopic (exact) mass is 702 g/mol. The molecule has 0 spiro atoms. The average molecular weight is 703 g/mol. The van der Waals surface area contributed by atoms with E-state index in [0.29, 0.717) is 23.0 Å². The number of nitrogens with zero attached hydrogens (tertiary/aromatic N) is 14. The Morgan fingerprint density at radius 3 is 1.94 bits per heavy atom. The first-order chi connectivity index (χ1) is 23.8. The molecule has 0 aliphatic carbocycles. The molecule has 2 unspecified atom stereocenters. The first-order valence-electron chi connectivity index (χ1n) is 15.7. The number of hydrogen-bond acceptors (Lipinski definition) is 17. The van der Waals surface area contributed by atoms with Gasteiger partial charge >= 0.3 is 11.9 Å². The summed E-state index contributed by atoms with van der Waals surface area (Å²) in [5, 5.41) is 37.2. The van der Waals surface area contributed by atoms with Crippen LogP contribution in [-0.4, -0.2) is 82.9 Å². The van der Waals surface area contributed by atoms with Gasteiger partial charge in [0, 0.05) is 31.0 Å². The highest BCUT2D eigenvalue weighted by atomic mass is 16.5. The number of nitrogens with two attached hydrogens (primary N) is 2. The number of methoxy groups -OCH3 is 2. The highest BCUT2D eigenvalue weighted by Gasteiger charge is 2.50.